The van der Waals surface area contributed by atoms with Crippen molar-refractivity contribution in [3.8, 4) is 17.2 Å². The first-order valence-corrected chi connectivity index (χ1v) is 11.3. The van der Waals surface area contributed by atoms with Crippen LogP contribution in [-0.4, -0.2) is 29.7 Å². The number of sulfonamides is 1. The van der Waals surface area contributed by atoms with E-state index in [9.17, 15) is 12.8 Å². The number of aryl methyl sites for hydroxylation is 1. The maximum atomic E-state index is 14.5. The van der Waals surface area contributed by atoms with Gasteiger partial charge in [0.15, 0.2) is 0 Å². The summed E-state index contributed by atoms with van der Waals surface area (Å²) < 4.78 is 59.2. The van der Waals surface area contributed by atoms with Gasteiger partial charge in [-0.05, 0) is 74.0 Å². The van der Waals surface area contributed by atoms with Gasteiger partial charge in [0.1, 0.15) is 23.1 Å². The van der Waals surface area contributed by atoms with Crippen LogP contribution in [0.1, 0.15) is 24.1 Å². The lowest BCUT2D eigenvalue weighted by Crippen LogP contribution is -2.34. The van der Waals surface area contributed by atoms with Crippen LogP contribution in [0.3, 0.4) is 0 Å². The summed E-state index contributed by atoms with van der Waals surface area (Å²) in [5, 5.41) is 0. The Balaban J connectivity index is 2.22. The Morgan fingerprint density at radius 1 is 0.844 bits per heavy atom. The van der Waals surface area contributed by atoms with E-state index in [2.05, 4.69) is 0 Å². The predicted molar refractivity (Wildman–Crippen MR) is 122 cm³/mol. The third kappa shape index (κ3) is 4.50. The molecule has 32 heavy (non-hydrogen) atoms. The van der Waals surface area contributed by atoms with Gasteiger partial charge in [0.25, 0.3) is 10.0 Å². The first-order chi connectivity index (χ1) is 15.2. The molecule has 0 N–H and O–H groups in total. The van der Waals surface area contributed by atoms with Gasteiger partial charge in [-0.15, -0.1) is 0 Å². The molecule has 0 heterocycles. The largest absolute Gasteiger partial charge is 0.497 e. The van der Waals surface area contributed by atoms with Crippen molar-refractivity contribution in [2.24, 2.45) is 0 Å². The molecule has 0 unspecified atom stereocenters. The Morgan fingerprint density at radius 2 is 1.47 bits per heavy atom. The van der Waals surface area contributed by atoms with Gasteiger partial charge in [-0.25, -0.2) is 12.8 Å². The van der Waals surface area contributed by atoms with Gasteiger partial charge in [0, 0.05) is 5.56 Å². The molecule has 0 aromatic heterocycles. The quantitative estimate of drug-likeness (QED) is 0.468. The van der Waals surface area contributed by atoms with Crippen molar-refractivity contribution in [3.63, 3.8) is 0 Å². The Morgan fingerprint density at radius 3 is 2.03 bits per heavy atom. The maximum absolute atomic E-state index is 14.5. The van der Waals surface area contributed by atoms with E-state index >= 15 is 0 Å². The molecule has 8 heteroatoms. The molecule has 0 saturated heterocycles. The number of methoxy groups -OCH3 is 3. The number of nitrogens with zero attached hydrogens (tertiary/aromatic N) is 1. The molecule has 3 aromatic carbocycles. The van der Waals surface area contributed by atoms with Gasteiger partial charge in [-0.1, -0.05) is 6.07 Å². The monoisotopic (exact) mass is 459 g/mol. The van der Waals surface area contributed by atoms with Crippen molar-refractivity contribution < 1.29 is 27.0 Å². The van der Waals surface area contributed by atoms with Crippen molar-refractivity contribution in [1.29, 1.82) is 0 Å². The Kier molecular flexibility index (Phi) is 6.93. The summed E-state index contributed by atoms with van der Waals surface area (Å²) in [7, 11) is 0.447. The number of anilines is 1. The Hall–Kier alpha value is -3.26. The highest BCUT2D eigenvalue weighted by Gasteiger charge is 2.32. The van der Waals surface area contributed by atoms with E-state index < -0.39 is 21.9 Å². The molecule has 0 amide bonds. The summed E-state index contributed by atoms with van der Waals surface area (Å²) in [4.78, 5) is 0.0491. The number of halogens is 1. The smallest absolute Gasteiger partial charge is 0.264 e. The second kappa shape index (κ2) is 9.48. The van der Waals surface area contributed by atoms with Gasteiger partial charge in [0.05, 0.1) is 38.0 Å². The molecule has 0 aliphatic heterocycles. The standard InChI is InChI=1S/C24H26FNO5S/c1-16-6-7-18(14-23(16)25)26(32(27,28)21-11-8-19(29-3)9-12-21)17(2)22-15-20(30-4)10-13-24(22)31-5/h6-15,17H,1-5H3/t17-/m0/s1. The zero-order chi connectivity index (χ0) is 23.5. The second-order valence-electron chi connectivity index (χ2n) is 7.19. The van der Waals surface area contributed by atoms with Crippen molar-refractivity contribution in [1.82, 2.24) is 0 Å². The normalized spacial score (nSPS) is 12.2. The maximum Gasteiger partial charge on any atom is 0.264 e. The van der Waals surface area contributed by atoms with Crippen molar-refractivity contribution >= 4 is 15.7 Å². The molecule has 3 rings (SSSR count). The number of benzene rings is 3. The molecule has 0 saturated carbocycles. The summed E-state index contributed by atoms with van der Waals surface area (Å²) in [5.41, 5.74) is 1.19. The van der Waals surface area contributed by atoms with Gasteiger partial charge < -0.3 is 14.2 Å². The molecule has 0 aliphatic rings. The van der Waals surface area contributed by atoms with E-state index in [4.69, 9.17) is 14.2 Å². The minimum atomic E-state index is -4.09. The Bertz CT molecular complexity index is 1200. The lowest BCUT2D eigenvalue weighted by Gasteiger charge is -2.32. The molecule has 0 radical (unpaired) electrons. The third-order valence-corrected chi connectivity index (χ3v) is 7.18. The summed E-state index contributed by atoms with van der Waals surface area (Å²) in [6.45, 7) is 3.34. The van der Waals surface area contributed by atoms with Gasteiger partial charge in [-0.3, -0.25) is 4.31 Å². The van der Waals surface area contributed by atoms with Crippen LogP contribution >= 0.6 is 0 Å². The van der Waals surface area contributed by atoms with Crippen molar-refractivity contribution in [3.05, 3.63) is 77.6 Å². The second-order valence-corrected chi connectivity index (χ2v) is 9.01. The topological polar surface area (TPSA) is 65.1 Å². The lowest BCUT2D eigenvalue weighted by molar-refractivity contribution is 0.396. The molecule has 1 atom stereocenters. The first-order valence-electron chi connectivity index (χ1n) is 9.89. The van der Waals surface area contributed by atoms with Crippen LogP contribution in [0.25, 0.3) is 0 Å². The number of hydrogen-bond donors (Lipinski definition) is 0. The van der Waals surface area contributed by atoms with E-state index in [1.165, 1.54) is 43.8 Å². The van der Waals surface area contributed by atoms with Crippen LogP contribution < -0.4 is 18.5 Å². The van der Waals surface area contributed by atoms with Crippen LogP contribution in [-0.2, 0) is 10.0 Å². The van der Waals surface area contributed by atoms with Crippen molar-refractivity contribution in [2.75, 3.05) is 25.6 Å². The van der Waals surface area contributed by atoms with E-state index in [1.807, 2.05) is 0 Å². The van der Waals surface area contributed by atoms with E-state index in [-0.39, 0.29) is 10.6 Å². The number of hydrogen-bond acceptors (Lipinski definition) is 5. The minimum absolute atomic E-state index is 0.0491. The van der Waals surface area contributed by atoms with Gasteiger partial charge in [-0.2, -0.15) is 0 Å². The molecular formula is C24H26FNO5S. The van der Waals surface area contributed by atoms with E-state index in [0.29, 0.717) is 28.4 Å². The molecule has 0 spiro atoms. The summed E-state index contributed by atoms with van der Waals surface area (Å²) >= 11 is 0. The van der Waals surface area contributed by atoms with Gasteiger partial charge in [0.2, 0.25) is 0 Å². The minimum Gasteiger partial charge on any atom is -0.497 e. The number of rotatable bonds is 8. The number of ether oxygens (including phenoxy) is 3. The lowest BCUT2D eigenvalue weighted by atomic mass is 10.1. The molecule has 6 nitrogen and oxygen atoms in total. The van der Waals surface area contributed by atoms with Crippen LogP contribution in [0.2, 0.25) is 0 Å². The predicted octanol–water partition coefficient (Wildman–Crippen LogP) is 5.12. The summed E-state index contributed by atoms with van der Waals surface area (Å²) in [6.07, 6.45) is 0. The fourth-order valence-electron chi connectivity index (χ4n) is 3.44. The average molecular weight is 460 g/mol. The highest BCUT2D eigenvalue weighted by atomic mass is 32.2. The van der Waals surface area contributed by atoms with Crippen molar-refractivity contribution in [2.45, 2.75) is 24.8 Å². The van der Waals surface area contributed by atoms with E-state index in [0.717, 1.165) is 0 Å². The Labute approximate surface area is 188 Å². The van der Waals surface area contributed by atoms with E-state index in [1.54, 1.807) is 56.3 Å². The van der Waals surface area contributed by atoms with Crippen LogP contribution in [0.15, 0.2) is 65.6 Å². The fraction of sp³-hybridized carbons (Fsp3) is 0.250. The third-order valence-electron chi connectivity index (χ3n) is 5.26. The average Bonchev–Trinajstić information content (AvgIpc) is 2.80. The molecule has 3 aromatic rings. The highest BCUT2D eigenvalue weighted by Crippen LogP contribution is 2.39. The molecule has 170 valence electrons. The fourth-order valence-corrected chi connectivity index (χ4v) is 5.07. The summed E-state index contributed by atoms with van der Waals surface area (Å²) in [5.74, 6) is 1.06. The van der Waals surface area contributed by atoms with Crippen LogP contribution in [0.4, 0.5) is 10.1 Å². The molecular weight excluding hydrogens is 433 g/mol. The highest BCUT2D eigenvalue weighted by molar-refractivity contribution is 7.92. The molecule has 0 aliphatic carbocycles. The van der Waals surface area contributed by atoms with Crippen LogP contribution in [0, 0.1) is 12.7 Å². The zero-order valence-corrected chi connectivity index (χ0v) is 19.4. The SMILES string of the molecule is COc1ccc(S(=O)(=O)N(c2ccc(C)c(F)c2)[C@@H](C)c2cc(OC)ccc2OC)cc1. The first kappa shape index (κ1) is 23.4. The molecule has 0 fully saturated rings. The van der Waals surface area contributed by atoms with Gasteiger partial charge >= 0.3 is 0 Å². The summed E-state index contributed by atoms with van der Waals surface area (Å²) in [6, 6.07) is 14.8. The molecule has 0 bridgehead atoms. The zero-order valence-electron chi connectivity index (χ0n) is 18.6. The van der Waals surface area contributed by atoms with Crippen LogP contribution in [0.5, 0.6) is 17.2 Å².